The van der Waals surface area contributed by atoms with Gasteiger partial charge in [0, 0.05) is 0 Å². The molecule has 1 amide bonds. The first kappa shape index (κ1) is 14.6. The lowest BCUT2D eigenvalue weighted by molar-refractivity contribution is -0.119. The van der Waals surface area contributed by atoms with Gasteiger partial charge >= 0.3 is 5.97 Å². The van der Waals surface area contributed by atoms with Gasteiger partial charge in [-0.05, 0) is 25.1 Å². The SMILES string of the molecule is COc1ccccc1NC(=O)COC(=O)c1ccoc1C. The molecule has 0 radical (unpaired) electrons. The number of hydrogen-bond acceptors (Lipinski definition) is 5. The van der Waals surface area contributed by atoms with Gasteiger partial charge in [0.25, 0.3) is 5.91 Å². The number of ether oxygens (including phenoxy) is 2. The third-order valence-electron chi connectivity index (χ3n) is 2.79. The third kappa shape index (κ3) is 3.62. The first-order valence-corrected chi connectivity index (χ1v) is 6.26. The molecule has 0 unspecified atom stereocenters. The van der Waals surface area contributed by atoms with Crippen LogP contribution in [0.4, 0.5) is 5.69 Å². The highest BCUT2D eigenvalue weighted by atomic mass is 16.5. The molecule has 0 fully saturated rings. The number of carbonyl (C=O) groups excluding carboxylic acids is 2. The lowest BCUT2D eigenvalue weighted by Crippen LogP contribution is -2.21. The van der Waals surface area contributed by atoms with Gasteiger partial charge in [-0.3, -0.25) is 4.79 Å². The fraction of sp³-hybridized carbons (Fsp3) is 0.200. The van der Waals surface area contributed by atoms with Crippen molar-refractivity contribution in [1.29, 1.82) is 0 Å². The highest BCUT2D eigenvalue weighted by molar-refractivity contribution is 5.96. The molecule has 1 heterocycles. The molecule has 2 aromatic rings. The lowest BCUT2D eigenvalue weighted by atomic mass is 10.3. The third-order valence-corrected chi connectivity index (χ3v) is 2.79. The Bertz CT molecular complexity index is 647. The average molecular weight is 289 g/mol. The van der Waals surface area contributed by atoms with Crippen LogP contribution in [0.3, 0.4) is 0 Å². The van der Waals surface area contributed by atoms with Crippen molar-refractivity contribution in [3.8, 4) is 5.75 Å². The van der Waals surface area contributed by atoms with Gasteiger partial charge < -0.3 is 19.2 Å². The fourth-order valence-corrected chi connectivity index (χ4v) is 1.74. The maximum absolute atomic E-state index is 11.8. The van der Waals surface area contributed by atoms with Crippen LogP contribution in [0.5, 0.6) is 5.75 Å². The second-order valence-electron chi connectivity index (χ2n) is 4.22. The van der Waals surface area contributed by atoms with E-state index in [-0.39, 0.29) is 6.61 Å². The number of hydrogen-bond donors (Lipinski definition) is 1. The van der Waals surface area contributed by atoms with E-state index in [0.29, 0.717) is 22.8 Å². The van der Waals surface area contributed by atoms with E-state index in [1.807, 2.05) is 0 Å². The number of benzene rings is 1. The summed E-state index contributed by atoms with van der Waals surface area (Å²) in [5.74, 6) is -0.0709. The van der Waals surface area contributed by atoms with Crippen LogP contribution in [0.15, 0.2) is 41.0 Å². The molecule has 2 rings (SSSR count). The fourth-order valence-electron chi connectivity index (χ4n) is 1.74. The Hall–Kier alpha value is -2.76. The Morgan fingerprint density at radius 2 is 2.00 bits per heavy atom. The first-order chi connectivity index (χ1) is 10.1. The Morgan fingerprint density at radius 3 is 2.67 bits per heavy atom. The van der Waals surface area contributed by atoms with E-state index in [2.05, 4.69) is 5.32 Å². The van der Waals surface area contributed by atoms with Crippen molar-refractivity contribution < 1.29 is 23.5 Å². The Labute approximate surface area is 121 Å². The molecule has 0 aliphatic carbocycles. The van der Waals surface area contributed by atoms with Crippen LogP contribution >= 0.6 is 0 Å². The molecule has 110 valence electrons. The molecule has 0 atom stereocenters. The number of nitrogens with one attached hydrogen (secondary N) is 1. The van der Waals surface area contributed by atoms with Gasteiger partial charge in [0.2, 0.25) is 0 Å². The number of rotatable bonds is 5. The van der Waals surface area contributed by atoms with Gasteiger partial charge in [0.1, 0.15) is 17.1 Å². The number of aryl methyl sites for hydroxylation is 1. The molecule has 0 bridgehead atoms. The maximum atomic E-state index is 11.8. The molecule has 6 heteroatoms. The summed E-state index contributed by atoms with van der Waals surface area (Å²) in [5, 5.41) is 2.61. The van der Waals surface area contributed by atoms with Crippen molar-refractivity contribution in [3.05, 3.63) is 47.9 Å². The number of methoxy groups -OCH3 is 1. The van der Waals surface area contributed by atoms with Crippen molar-refractivity contribution in [2.24, 2.45) is 0 Å². The summed E-state index contributed by atoms with van der Waals surface area (Å²) in [7, 11) is 1.51. The van der Waals surface area contributed by atoms with Gasteiger partial charge in [-0.15, -0.1) is 0 Å². The van der Waals surface area contributed by atoms with E-state index in [0.717, 1.165) is 0 Å². The number of para-hydroxylation sites is 2. The maximum Gasteiger partial charge on any atom is 0.342 e. The van der Waals surface area contributed by atoms with E-state index in [1.165, 1.54) is 19.4 Å². The van der Waals surface area contributed by atoms with Gasteiger partial charge in [0.05, 0.1) is 19.1 Å². The van der Waals surface area contributed by atoms with E-state index in [4.69, 9.17) is 13.9 Å². The minimum absolute atomic E-state index is 0.306. The Kier molecular flexibility index (Phi) is 4.61. The molecular weight excluding hydrogens is 274 g/mol. The number of amides is 1. The van der Waals surface area contributed by atoms with Gasteiger partial charge in [-0.25, -0.2) is 4.79 Å². The van der Waals surface area contributed by atoms with Crippen molar-refractivity contribution in [2.45, 2.75) is 6.92 Å². The number of anilines is 1. The Balaban J connectivity index is 1.91. The predicted molar refractivity (Wildman–Crippen MR) is 75.4 cm³/mol. The highest BCUT2D eigenvalue weighted by Gasteiger charge is 2.15. The average Bonchev–Trinajstić information content (AvgIpc) is 2.91. The second kappa shape index (κ2) is 6.60. The molecule has 0 spiro atoms. The number of furan rings is 1. The molecule has 6 nitrogen and oxygen atoms in total. The number of carbonyl (C=O) groups is 2. The monoisotopic (exact) mass is 289 g/mol. The quantitative estimate of drug-likeness (QED) is 0.855. The topological polar surface area (TPSA) is 77.8 Å². The summed E-state index contributed by atoms with van der Waals surface area (Å²) >= 11 is 0. The molecule has 1 aromatic heterocycles. The van der Waals surface area contributed by atoms with Crippen LogP contribution in [0.2, 0.25) is 0 Å². The Morgan fingerprint density at radius 1 is 1.24 bits per heavy atom. The summed E-state index contributed by atoms with van der Waals surface area (Å²) < 4.78 is 15.0. The zero-order valence-corrected chi connectivity index (χ0v) is 11.7. The lowest BCUT2D eigenvalue weighted by Gasteiger charge is -2.09. The van der Waals surface area contributed by atoms with E-state index >= 15 is 0 Å². The summed E-state index contributed by atoms with van der Waals surface area (Å²) in [6.45, 7) is 1.26. The van der Waals surface area contributed by atoms with Crippen molar-refractivity contribution in [2.75, 3.05) is 19.0 Å². The second-order valence-corrected chi connectivity index (χ2v) is 4.22. The van der Waals surface area contributed by atoms with E-state index in [9.17, 15) is 9.59 Å². The normalized spacial score (nSPS) is 10.0. The summed E-state index contributed by atoms with van der Waals surface area (Å²) in [4.78, 5) is 23.5. The van der Waals surface area contributed by atoms with Crippen molar-refractivity contribution in [1.82, 2.24) is 0 Å². The van der Waals surface area contributed by atoms with Crippen LogP contribution < -0.4 is 10.1 Å². The first-order valence-electron chi connectivity index (χ1n) is 6.26. The van der Waals surface area contributed by atoms with Crippen molar-refractivity contribution >= 4 is 17.6 Å². The molecule has 0 saturated carbocycles. The molecular formula is C15H15NO5. The van der Waals surface area contributed by atoms with Crippen LogP contribution in [-0.4, -0.2) is 25.6 Å². The van der Waals surface area contributed by atoms with Crippen LogP contribution in [0, 0.1) is 6.92 Å². The summed E-state index contributed by atoms with van der Waals surface area (Å²) in [6, 6.07) is 8.46. The minimum Gasteiger partial charge on any atom is -0.495 e. The molecule has 0 aliphatic rings. The highest BCUT2D eigenvalue weighted by Crippen LogP contribution is 2.22. The standard InChI is InChI=1S/C15H15NO5/c1-10-11(7-8-20-10)15(18)21-9-14(17)16-12-5-3-4-6-13(12)19-2/h3-8H,9H2,1-2H3,(H,16,17). The minimum atomic E-state index is -0.601. The molecule has 0 saturated heterocycles. The van der Waals surface area contributed by atoms with E-state index in [1.54, 1.807) is 31.2 Å². The summed E-state index contributed by atoms with van der Waals surface area (Å²) in [6.07, 6.45) is 1.39. The van der Waals surface area contributed by atoms with Gasteiger partial charge in [0.15, 0.2) is 6.61 Å². The zero-order chi connectivity index (χ0) is 15.2. The molecule has 21 heavy (non-hydrogen) atoms. The van der Waals surface area contributed by atoms with Gasteiger partial charge in [-0.2, -0.15) is 0 Å². The van der Waals surface area contributed by atoms with Gasteiger partial charge in [-0.1, -0.05) is 12.1 Å². The van der Waals surface area contributed by atoms with Crippen LogP contribution in [0.1, 0.15) is 16.1 Å². The zero-order valence-electron chi connectivity index (χ0n) is 11.7. The van der Waals surface area contributed by atoms with Crippen LogP contribution in [0.25, 0.3) is 0 Å². The number of esters is 1. The smallest absolute Gasteiger partial charge is 0.342 e. The largest absolute Gasteiger partial charge is 0.495 e. The molecule has 1 aromatic carbocycles. The van der Waals surface area contributed by atoms with Crippen molar-refractivity contribution in [3.63, 3.8) is 0 Å². The van der Waals surface area contributed by atoms with Crippen LogP contribution in [-0.2, 0) is 9.53 Å². The predicted octanol–water partition coefficient (Wildman–Crippen LogP) is 2.39. The molecule has 0 aliphatic heterocycles. The summed E-state index contributed by atoms with van der Waals surface area (Å²) in [5.41, 5.74) is 0.820. The molecule has 1 N–H and O–H groups in total. The van der Waals surface area contributed by atoms with E-state index < -0.39 is 11.9 Å².